The highest BCUT2D eigenvalue weighted by molar-refractivity contribution is 5.17. The van der Waals surface area contributed by atoms with Gasteiger partial charge in [0.2, 0.25) is 0 Å². The van der Waals surface area contributed by atoms with Gasteiger partial charge in [-0.3, -0.25) is 0 Å². The monoisotopic (exact) mass is 215 g/mol. The van der Waals surface area contributed by atoms with Crippen molar-refractivity contribution in [2.45, 2.75) is 19.5 Å². The van der Waals surface area contributed by atoms with Crippen LogP contribution in [-0.4, -0.2) is 6.18 Å². The molecule has 0 aromatic carbocycles. The average Bonchev–Trinajstić information content (AvgIpc) is 2.37. The third kappa shape index (κ3) is 2.62. The van der Waals surface area contributed by atoms with Crippen LogP contribution >= 0.6 is 0 Å². The highest BCUT2D eigenvalue weighted by Gasteiger charge is 2.47. The Hall–Kier alpha value is -1.24. The molecule has 3 unspecified atom stereocenters. The van der Waals surface area contributed by atoms with E-state index in [-0.39, 0.29) is 0 Å². The molecule has 4 heteroatoms. The van der Waals surface area contributed by atoms with E-state index in [9.17, 15) is 13.2 Å². The van der Waals surface area contributed by atoms with Crippen molar-refractivity contribution in [2.75, 3.05) is 0 Å². The van der Waals surface area contributed by atoms with Gasteiger partial charge in [-0.25, -0.2) is 0 Å². The lowest BCUT2D eigenvalue weighted by Gasteiger charge is -2.27. The SMILES string of the molecule is CCC1C=CC=CC(C#N)C1C(F)(F)F. The van der Waals surface area contributed by atoms with Crippen molar-refractivity contribution in [2.24, 2.45) is 17.8 Å². The van der Waals surface area contributed by atoms with E-state index in [0.29, 0.717) is 6.42 Å². The Morgan fingerprint density at radius 2 is 1.87 bits per heavy atom. The first-order valence-corrected chi connectivity index (χ1v) is 4.82. The number of hydrogen-bond acceptors (Lipinski definition) is 1. The lowest BCUT2D eigenvalue weighted by atomic mass is 9.81. The minimum absolute atomic E-state index is 0.389. The normalized spacial score (nSPS) is 31.0. The van der Waals surface area contributed by atoms with Crippen LogP contribution in [0.3, 0.4) is 0 Å². The second-order valence-electron chi connectivity index (χ2n) is 3.56. The molecule has 0 aliphatic heterocycles. The summed E-state index contributed by atoms with van der Waals surface area (Å²) < 4.78 is 38.3. The third-order valence-corrected chi connectivity index (χ3v) is 2.63. The molecule has 1 aliphatic carbocycles. The summed E-state index contributed by atoms with van der Waals surface area (Å²) in [5.74, 6) is -3.27. The minimum atomic E-state index is -4.32. The number of nitrogens with zero attached hydrogens (tertiary/aromatic N) is 1. The fourth-order valence-corrected chi connectivity index (χ4v) is 1.86. The molecule has 0 amide bonds. The molecule has 0 heterocycles. The molecular weight excluding hydrogens is 203 g/mol. The maximum Gasteiger partial charge on any atom is 0.393 e. The smallest absolute Gasteiger partial charge is 0.198 e. The van der Waals surface area contributed by atoms with Crippen LogP contribution in [0.15, 0.2) is 24.3 Å². The summed E-state index contributed by atoms with van der Waals surface area (Å²) in [6.07, 6.45) is 2.03. The molecule has 1 rings (SSSR count). The summed E-state index contributed by atoms with van der Waals surface area (Å²) in [6.45, 7) is 1.70. The highest BCUT2D eigenvalue weighted by Crippen LogP contribution is 2.41. The van der Waals surface area contributed by atoms with E-state index in [1.165, 1.54) is 18.2 Å². The van der Waals surface area contributed by atoms with Gasteiger partial charge in [0.05, 0.1) is 17.9 Å². The maximum atomic E-state index is 12.8. The molecule has 0 aromatic heterocycles. The number of hydrogen-bond donors (Lipinski definition) is 0. The molecular formula is C11H12F3N. The highest BCUT2D eigenvalue weighted by atomic mass is 19.4. The van der Waals surface area contributed by atoms with Crippen LogP contribution in [0.4, 0.5) is 13.2 Å². The zero-order valence-electron chi connectivity index (χ0n) is 8.33. The van der Waals surface area contributed by atoms with Gasteiger partial charge in [-0.2, -0.15) is 18.4 Å². The van der Waals surface area contributed by atoms with E-state index in [4.69, 9.17) is 5.26 Å². The summed E-state index contributed by atoms with van der Waals surface area (Å²) in [5, 5.41) is 8.73. The van der Waals surface area contributed by atoms with E-state index in [0.717, 1.165) is 0 Å². The fourth-order valence-electron chi connectivity index (χ4n) is 1.86. The molecule has 0 aromatic rings. The Morgan fingerprint density at radius 1 is 1.27 bits per heavy atom. The third-order valence-electron chi connectivity index (χ3n) is 2.63. The van der Waals surface area contributed by atoms with Crippen molar-refractivity contribution in [1.29, 1.82) is 5.26 Å². The number of rotatable bonds is 1. The fraction of sp³-hybridized carbons (Fsp3) is 0.545. The van der Waals surface area contributed by atoms with E-state index in [2.05, 4.69) is 0 Å². The van der Waals surface area contributed by atoms with E-state index in [1.807, 2.05) is 0 Å². The summed E-state index contributed by atoms with van der Waals surface area (Å²) in [4.78, 5) is 0. The van der Waals surface area contributed by atoms with Gasteiger partial charge in [0.1, 0.15) is 0 Å². The van der Waals surface area contributed by atoms with Crippen LogP contribution < -0.4 is 0 Å². The van der Waals surface area contributed by atoms with E-state index in [1.54, 1.807) is 19.1 Å². The number of allylic oxidation sites excluding steroid dienone is 4. The molecule has 0 N–H and O–H groups in total. The first-order valence-electron chi connectivity index (χ1n) is 4.82. The molecule has 82 valence electrons. The van der Waals surface area contributed by atoms with Crippen molar-refractivity contribution < 1.29 is 13.2 Å². The van der Waals surface area contributed by atoms with E-state index < -0.39 is 23.9 Å². The lowest BCUT2D eigenvalue weighted by molar-refractivity contribution is -0.190. The quantitative estimate of drug-likeness (QED) is 0.657. The first-order chi connectivity index (χ1) is 7.00. The van der Waals surface area contributed by atoms with Crippen LogP contribution in [-0.2, 0) is 0 Å². The number of nitriles is 1. The second-order valence-corrected chi connectivity index (χ2v) is 3.56. The molecule has 0 fully saturated rings. The number of alkyl halides is 3. The Morgan fingerprint density at radius 3 is 2.33 bits per heavy atom. The van der Waals surface area contributed by atoms with Crippen LogP contribution in [0.2, 0.25) is 0 Å². The van der Waals surface area contributed by atoms with Crippen molar-refractivity contribution in [1.82, 2.24) is 0 Å². The van der Waals surface area contributed by atoms with Crippen molar-refractivity contribution >= 4 is 0 Å². The van der Waals surface area contributed by atoms with Crippen molar-refractivity contribution in [3.8, 4) is 6.07 Å². The molecule has 3 atom stereocenters. The molecule has 0 saturated carbocycles. The number of halogens is 3. The predicted molar refractivity (Wildman–Crippen MR) is 50.7 cm³/mol. The summed E-state index contributed by atoms with van der Waals surface area (Å²) in [6, 6.07) is 1.72. The minimum Gasteiger partial charge on any atom is -0.198 e. The van der Waals surface area contributed by atoms with Gasteiger partial charge in [0.15, 0.2) is 0 Å². The molecule has 1 nitrogen and oxygen atoms in total. The maximum absolute atomic E-state index is 12.8. The summed E-state index contributed by atoms with van der Waals surface area (Å²) >= 11 is 0. The van der Waals surface area contributed by atoms with Crippen molar-refractivity contribution in [3.63, 3.8) is 0 Å². The summed E-state index contributed by atoms with van der Waals surface area (Å²) in [5.41, 5.74) is 0. The zero-order chi connectivity index (χ0) is 11.5. The molecule has 0 saturated heterocycles. The summed E-state index contributed by atoms with van der Waals surface area (Å²) in [7, 11) is 0. The van der Waals surface area contributed by atoms with Gasteiger partial charge < -0.3 is 0 Å². The van der Waals surface area contributed by atoms with Crippen LogP contribution in [0.1, 0.15) is 13.3 Å². The Balaban J connectivity index is 3.06. The topological polar surface area (TPSA) is 23.8 Å². The standard InChI is InChI=1S/C11H12F3N/c1-2-8-5-3-4-6-9(7-15)10(8)11(12,13)14/h3-6,8-10H,2H2,1H3. The Labute approximate surface area is 86.9 Å². The first kappa shape index (κ1) is 11.8. The van der Waals surface area contributed by atoms with Gasteiger partial charge in [-0.05, 0) is 12.3 Å². The van der Waals surface area contributed by atoms with Gasteiger partial charge in [-0.15, -0.1) is 0 Å². The Bertz CT molecular complexity index is 309. The van der Waals surface area contributed by atoms with Crippen LogP contribution in [0.25, 0.3) is 0 Å². The van der Waals surface area contributed by atoms with Crippen LogP contribution in [0.5, 0.6) is 0 Å². The lowest BCUT2D eigenvalue weighted by Crippen LogP contribution is -2.34. The predicted octanol–water partition coefficient (Wildman–Crippen LogP) is 3.46. The molecule has 0 spiro atoms. The Kier molecular flexibility index (Phi) is 3.57. The second kappa shape index (κ2) is 4.52. The average molecular weight is 215 g/mol. The molecule has 0 bridgehead atoms. The van der Waals surface area contributed by atoms with Gasteiger partial charge in [0, 0.05) is 0 Å². The largest absolute Gasteiger partial charge is 0.393 e. The van der Waals surface area contributed by atoms with Gasteiger partial charge in [-0.1, -0.05) is 31.2 Å². The van der Waals surface area contributed by atoms with Gasteiger partial charge >= 0.3 is 6.18 Å². The van der Waals surface area contributed by atoms with Crippen LogP contribution in [0, 0.1) is 29.1 Å². The zero-order valence-corrected chi connectivity index (χ0v) is 8.33. The van der Waals surface area contributed by atoms with Crippen molar-refractivity contribution in [3.05, 3.63) is 24.3 Å². The molecule has 15 heavy (non-hydrogen) atoms. The van der Waals surface area contributed by atoms with E-state index >= 15 is 0 Å². The molecule has 1 aliphatic rings. The molecule has 0 radical (unpaired) electrons. The van der Waals surface area contributed by atoms with Gasteiger partial charge in [0.25, 0.3) is 0 Å².